The summed E-state index contributed by atoms with van der Waals surface area (Å²) in [5, 5.41) is 2.78. The van der Waals surface area contributed by atoms with Gasteiger partial charge in [-0.3, -0.25) is 4.79 Å². The highest BCUT2D eigenvalue weighted by atomic mass is 16.6. The van der Waals surface area contributed by atoms with Crippen LogP contribution in [0.3, 0.4) is 0 Å². The van der Waals surface area contributed by atoms with Gasteiger partial charge in [0.1, 0.15) is 5.60 Å². The molecule has 128 valence electrons. The molecule has 2 rings (SSSR count). The van der Waals surface area contributed by atoms with E-state index < -0.39 is 17.7 Å². The van der Waals surface area contributed by atoms with Crippen LogP contribution in [0.25, 0.3) is 0 Å². The van der Waals surface area contributed by atoms with Crippen LogP contribution in [-0.4, -0.2) is 53.2 Å². The second kappa shape index (κ2) is 6.22. The number of nitrogens with one attached hydrogen (secondary N) is 1. The zero-order valence-electron chi connectivity index (χ0n) is 14.2. The number of hydrogen-bond donors (Lipinski definition) is 1. The maximum atomic E-state index is 12.0. The third-order valence-corrected chi connectivity index (χ3v) is 3.73. The second-order valence-electron chi connectivity index (χ2n) is 6.78. The largest absolute Gasteiger partial charge is 0.463 e. The van der Waals surface area contributed by atoms with Gasteiger partial charge in [0.15, 0.2) is 0 Å². The van der Waals surface area contributed by atoms with Crippen molar-refractivity contribution < 1.29 is 23.9 Å². The Bertz CT molecular complexity index is 549. The Labute approximate surface area is 136 Å². The van der Waals surface area contributed by atoms with Crippen LogP contribution < -0.4 is 5.32 Å². The molecule has 1 fully saturated rings. The molecule has 0 radical (unpaired) electrons. The Morgan fingerprint density at radius 3 is 2.52 bits per heavy atom. The van der Waals surface area contributed by atoms with Crippen LogP contribution in [0.1, 0.15) is 41.0 Å². The number of fused-ring (bicyclic) bond motifs is 1. The van der Waals surface area contributed by atoms with Gasteiger partial charge in [-0.05, 0) is 33.8 Å². The number of nitrogens with zero attached hydrogens (tertiary/aromatic N) is 1. The van der Waals surface area contributed by atoms with Crippen molar-refractivity contribution in [2.45, 2.75) is 64.8 Å². The normalized spacial score (nSPS) is 25.9. The van der Waals surface area contributed by atoms with Gasteiger partial charge in [-0.25, -0.2) is 9.59 Å². The lowest BCUT2D eigenvalue weighted by molar-refractivity contribution is -0.138. The Kier molecular flexibility index (Phi) is 4.68. The SMILES string of the molecule is CCOC(=O)C1=CC2[C@@H]([C@@H](NC(=O)OC(C)(C)C)C1)N2C(C)=O. The number of carbonyl (C=O) groups excluding carboxylic acids is 3. The maximum absolute atomic E-state index is 12.0. The van der Waals surface area contributed by atoms with Crippen LogP contribution in [0.15, 0.2) is 11.6 Å². The summed E-state index contributed by atoms with van der Waals surface area (Å²) in [6, 6.07) is -0.651. The molecule has 7 heteroatoms. The molecular formula is C16H24N2O5. The minimum absolute atomic E-state index is 0.0858. The van der Waals surface area contributed by atoms with Crippen molar-refractivity contribution in [2.75, 3.05) is 6.61 Å². The molecule has 1 aliphatic heterocycles. The van der Waals surface area contributed by atoms with E-state index in [1.54, 1.807) is 38.7 Å². The van der Waals surface area contributed by atoms with E-state index in [1.807, 2.05) is 0 Å². The maximum Gasteiger partial charge on any atom is 0.407 e. The third kappa shape index (κ3) is 4.03. The van der Waals surface area contributed by atoms with E-state index in [-0.39, 0.29) is 30.6 Å². The van der Waals surface area contributed by atoms with Gasteiger partial charge in [0.05, 0.1) is 24.7 Å². The first-order valence-electron chi connectivity index (χ1n) is 7.80. The fourth-order valence-corrected chi connectivity index (χ4v) is 2.90. The van der Waals surface area contributed by atoms with E-state index in [1.165, 1.54) is 6.92 Å². The first-order chi connectivity index (χ1) is 10.6. The summed E-state index contributed by atoms with van der Waals surface area (Å²) in [7, 11) is 0. The highest BCUT2D eigenvalue weighted by Gasteiger charge is 2.56. The predicted octanol–water partition coefficient (Wildman–Crippen LogP) is 1.37. The lowest BCUT2D eigenvalue weighted by atomic mass is 9.95. The molecule has 0 aromatic rings. The van der Waals surface area contributed by atoms with Crippen molar-refractivity contribution >= 4 is 18.0 Å². The van der Waals surface area contributed by atoms with Crippen molar-refractivity contribution in [3.8, 4) is 0 Å². The molecule has 7 nitrogen and oxygen atoms in total. The molecule has 1 N–H and O–H groups in total. The Morgan fingerprint density at radius 2 is 2.00 bits per heavy atom. The molecule has 0 saturated carbocycles. The number of esters is 1. The summed E-state index contributed by atoms with van der Waals surface area (Å²) in [6.45, 7) is 8.82. The van der Waals surface area contributed by atoms with Crippen LogP contribution in [0.5, 0.6) is 0 Å². The highest BCUT2D eigenvalue weighted by Crippen LogP contribution is 2.39. The predicted molar refractivity (Wildman–Crippen MR) is 82.6 cm³/mol. The van der Waals surface area contributed by atoms with Gasteiger partial charge in [-0.1, -0.05) is 0 Å². The van der Waals surface area contributed by atoms with Crippen LogP contribution >= 0.6 is 0 Å². The highest BCUT2D eigenvalue weighted by molar-refractivity contribution is 5.90. The number of rotatable bonds is 3. The molecule has 2 amide bonds. The molecule has 1 saturated heterocycles. The number of ether oxygens (including phenoxy) is 2. The lowest BCUT2D eigenvalue weighted by Crippen LogP contribution is -2.45. The van der Waals surface area contributed by atoms with Crippen molar-refractivity contribution in [2.24, 2.45) is 0 Å². The average Bonchev–Trinajstić information content (AvgIpc) is 3.11. The number of carbonyl (C=O) groups is 3. The average molecular weight is 324 g/mol. The topological polar surface area (TPSA) is 84.7 Å². The van der Waals surface area contributed by atoms with Crippen molar-refractivity contribution in [3.05, 3.63) is 11.6 Å². The van der Waals surface area contributed by atoms with Gasteiger partial charge in [-0.15, -0.1) is 0 Å². The summed E-state index contributed by atoms with van der Waals surface area (Å²) in [4.78, 5) is 37.3. The van der Waals surface area contributed by atoms with Crippen molar-refractivity contribution in [3.63, 3.8) is 0 Å². The van der Waals surface area contributed by atoms with Gasteiger partial charge in [0.2, 0.25) is 5.91 Å². The van der Waals surface area contributed by atoms with Gasteiger partial charge in [0, 0.05) is 18.9 Å². The van der Waals surface area contributed by atoms with Crippen molar-refractivity contribution in [1.29, 1.82) is 0 Å². The van der Waals surface area contributed by atoms with Gasteiger partial charge in [0.25, 0.3) is 0 Å². The van der Waals surface area contributed by atoms with E-state index in [4.69, 9.17) is 9.47 Å². The fourth-order valence-electron chi connectivity index (χ4n) is 2.90. The van der Waals surface area contributed by atoms with E-state index in [0.717, 1.165) is 0 Å². The summed E-state index contributed by atoms with van der Waals surface area (Å²) >= 11 is 0. The Morgan fingerprint density at radius 1 is 1.35 bits per heavy atom. The monoisotopic (exact) mass is 324 g/mol. The molecule has 0 bridgehead atoms. The number of alkyl carbamates (subject to hydrolysis) is 1. The Balaban J connectivity index is 2.10. The molecule has 23 heavy (non-hydrogen) atoms. The Hall–Kier alpha value is -2.05. The first-order valence-corrected chi connectivity index (χ1v) is 7.80. The molecule has 0 aromatic heterocycles. The molecule has 3 atom stereocenters. The third-order valence-electron chi connectivity index (χ3n) is 3.73. The van der Waals surface area contributed by atoms with Crippen LogP contribution in [0.2, 0.25) is 0 Å². The summed E-state index contributed by atoms with van der Waals surface area (Å²) in [6.07, 6.45) is 1.53. The van der Waals surface area contributed by atoms with Gasteiger partial charge >= 0.3 is 12.1 Å². The van der Waals surface area contributed by atoms with Gasteiger partial charge < -0.3 is 19.7 Å². The number of amides is 2. The van der Waals surface area contributed by atoms with Gasteiger partial charge in [-0.2, -0.15) is 0 Å². The minimum atomic E-state index is -0.609. The summed E-state index contributed by atoms with van der Waals surface area (Å²) in [5.74, 6) is -0.491. The zero-order chi connectivity index (χ0) is 17.4. The van der Waals surface area contributed by atoms with Crippen LogP contribution in [-0.2, 0) is 19.1 Å². The van der Waals surface area contributed by atoms with E-state index in [0.29, 0.717) is 12.0 Å². The molecule has 2 aliphatic rings. The summed E-state index contributed by atoms with van der Waals surface area (Å²) in [5.41, 5.74) is -0.125. The van der Waals surface area contributed by atoms with E-state index in [2.05, 4.69) is 5.32 Å². The molecular weight excluding hydrogens is 300 g/mol. The molecule has 1 aliphatic carbocycles. The second-order valence-corrected chi connectivity index (χ2v) is 6.78. The molecule has 0 spiro atoms. The van der Waals surface area contributed by atoms with Crippen LogP contribution in [0, 0.1) is 0 Å². The molecule has 0 aromatic carbocycles. The lowest BCUT2D eigenvalue weighted by Gasteiger charge is -2.25. The standard InChI is InChI=1S/C16H24N2O5/c1-6-22-14(20)10-7-11(17-15(21)23-16(3,4)5)13-12(8-10)18(13)9(2)19/h8,11-13H,6-7H2,1-5H3,(H,17,21)/t11-,12?,13+,18?/m0/s1. The quantitative estimate of drug-likeness (QED) is 0.626. The number of hydrogen-bond acceptors (Lipinski definition) is 5. The smallest absolute Gasteiger partial charge is 0.407 e. The van der Waals surface area contributed by atoms with Crippen LogP contribution in [0.4, 0.5) is 4.79 Å². The van der Waals surface area contributed by atoms with E-state index >= 15 is 0 Å². The first kappa shape index (κ1) is 17.3. The zero-order valence-corrected chi connectivity index (χ0v) is 14.2. The fraction of sp³-hybridized carbons (Fsp3) is 0.688. The van der Waals surface area contributed by atoms with E-state index in [9.17, 15) is 14.4 Å². The molecule has 1 heterocycles. The van der Waals surface area contributed by atoms with Crippen molar-refractivity contribution in [1.82, 2.24) is 10.2 Å². The summed E-state index contributed by atoms with van der Waals surface area (Å²) < 4.78 is 10.3. The molecule has 1 unspecified atom stereocenters. The minimum Gasteiger partial charge on any atom is -0.463 e.